The van der Waals surface area contributed by atoms with Crippen LogP contribution in [-0.2, 0) is 4.79 Å². The lowest BCUT2D eigenvalue weighted by Crippen LogP contribution is -2.30. The Morgan fingerprint density at radius 2 is 1.62 bits per heavy atom. The van der Waals surface area contributed by atoms with Crippen molar-refractivity contribution in [3.05, 3.63) is 94.0 Å². The van der Waals surface area contributed by atoms with Crippen molar-refractivity contribution in [2.75, 3.05) is 5.32 Å². The predicted molar refractivity (Wildman–Crippen MR) is 108 cm³/mol. The van der Waals surface area contributed by atoms with E-state index in [0.29, 0.717) is 15.9 Å². The number of carbonyl (C=O) groups is 3. The second-order valence-electron chi connectivity index (χ2n) is 5.85. The zero-order chi connectivity index (χ0) is 20.8. The third-order valence-electron chi connectivity index (χ3n) is 3.78. The molecular weight excluding hydrogens is 440 g/mol. The summed E-state index contributed by atoms with van der Waals surface area (Å²) >= 11 is 3.12. The van der Waals surface area contributed by atoms with E-state index >= 15 is 0 Å². The maximum absolute atomic E-state index is 12.7. The summed E-state index contributed by atoms with van der Waals surface area (Å²) in [5, 5.41) is 16.0. The number of hydrogen-bond acceptors (Lipinski definition) is 5. The molecule has 0 spiro atoms. The molecule has 0 radical (unpaired) electrons. The lowest BCUT2D eigenvalue weighted by atomic mass is 10.1. The molecule has 0 saturated carbocycles. The number of furan rings is 1. The van der Waals surface area contributed by atoms with Gasteiger partial charge in [0.2, 0.25) is 0 Å². The molecule has 3 rings (SSSR count). The first-order valence-electron chi connectivity index (χ1n) is 8.38. The molecule has 0 bridgehead atoms. The Labute approximate surface area is 174 Å². The molecule has 0 atom stereocenters. The molecule has 2 aromatic carbocycles. The summed E-state index contributed by atoms with van der Waals surface area (Å²) in [7, 11) is 0. The minimum absolute atomic E-state index is 0.0141. The summed E-state index contributed by atoms with van der Waals surface area (Å²) in [5.41, 5.74) is 1.03. The molecule has 8 heteroatoms. The number of carboxylic acids is 1. The highest BCUT2D eigenvalue weighted by Crippen LogP contribution is 2.16. The number of carboxylic acid groups (broad SMARTS) is 1. The van der Waals surface area contributed by atoms with Gasteiger partial charge in [0.25, 0.3) is 11.8 Å². The van der Waals surface area contributed by atoms with Crippen molar-refractivity contribution in [2.24, 2.45) is 0 Å². The van der Waals surface area contributed by atoms with Crippen molar-refractivity contribution < 1.29 is 23.9 Å². The van der Waals surface area contributed by atoms with E-state index in [-0.39, 0.29) is 17.0 Å². The van der Waals surface area contributed by atoms with Crippen LogP contribution in [0.15, 0.2) is 81.5 Å². The quantitative estimate of drug-likeness (QED) is 0.557. The summed E-state index contributed by atoms with van der Waals surface area (Å²) in [4.78, 5) is 36.0. The van der Waals surface area contributed by atoms with E-state index in [9.17, 15) is 19.5 Å². The summed E-state index contributed by atoms with van der Waals surface area (Å²) in [6.07, 6.45) is 1.51. The van der Waals surface area contributed by atoms with Crippen LogP contribution >= 0.6 is 15.9 Å². The zero-order valence-electron chi connectivity index (χ0n) is 14.8. The highest BCUT2D eigenvalue weighted by atomic mass is 79.9. The monoisotopic (exact) mass is 453 g/mol. The third-order valence-corrected chi connectivity index (χ3v) is 4.21. The van der Waals surface area contributed by atoms with Crippen LogP contribution in [0.5, 0.6) is 0 Å². The van der Waals surface area contributed by atoms with E-state index in [1.54, 1.807) is 30.3 Å². The van der Waals surface area contributed by atoms with Crippen LogP contribution in [-0.4, -0.2) is 17.8 Å². The van der Waals surface area contributed by atoms with E-state index < -0.39 is 17.8 Å². The van der Waals surface area contributed by atoms with Gasteiger partial charge in [0.15, 0.2) is 10.4 Å². The van der Waals surface area contributed by atoms with Gasteiger partial charge in [-0.3, -0.25) is 9.59 Å². The lowest BCUT2D eigenvalue weighted by molar-refractivity contribution is -0.255. The second-order valence-corrected chi connectivity index (χ2v) is 6.63. The van der Waals surface area contributed by atoms with E-state index in [1.165, 1.54) is 36.4 Å². The number of halogens is 1. The van der Waals surface area contributed by atoms with E-state index in [2.05, 4.69) is 26.6 Å². The van der Waals surface area contributed by atoms with Gasteiger partial charge in [0.1, 0.15) is 5.70 Å². The van der Waals surface area contributed by atoms with Gasteiger partial charge in [-0.2, -0.15) is 0 Å². The van der Waals surface area contributed by atoms with E-state index in [4.69, 9.17) is 4.42 Å². The first-order valence-corrected chi connectivity index (χ1v) is 9.18. The van der Waals surface area contributed by atoms with Crippen molar-refractivity contribution in [3.8, 4) is 0 Å². The fraction of sp³-hybridized carbons (Fsp3) is 0. The van der Waals surface area contributed by atoms with Gasteiger partial charge < -0.3 is 25.0 Å². The Hall–Kier alpha value is -3.65. The molecule has 2 N–H and O–H groups in total. The van der Waals surface area contributed by atoms with Crippen LogP contribution in [0.25, 0.3) is 6.08 Å². The molecule has 146 valence electrons. The normalized spacial score (nSPS) is 11.0. The largest absolute Gasteiger partial charge is 0.545 e. The van der Waals surface area contributed by atoms with Crippen molar-refractivity contribution in [1.29, 1.82) is 0 Å². The topological polar surface area (TPSA) is 111 Å². The number of aromatic carboxylic acids is 1. The zero-order valence-corrected chi connectivity index (χ0v) is 16.4. The summed E-state index contributed by atoms with van der Waals surface area (Å²) in [6.45, 7) is 0. The molecule has 2 amide bonds. The molecule has 1 heterocycles. The predicted octanol–water partition coefficient (Wildman–Crippen LogP) is 2.82. The Morgan fingerprint density at radius 1 is 0.931 bits per heavy atom. The molecule has 0 fully saturated rings. The minimum Gasteiger partial charge on any atom is -0.545 e. The first kappa shape index (κ1) is 20.1. The standard InChI is InChI=1S/C21H15BrN2O5/c22-18-11-10-17(29-18)20(26)24-16(12-13-4-2-1-3-5-13)19(25)23-15-8-6-14(7-9-15)21(27)28/h1-12H,(H,23,25)(H,24,26)(H,27,28)/p-1/b16-12-. The average molecular weight is 454 g/mol. The van der Waals surface area contributed by atoms with Gasteiger partial charge in [0.05, 0.1) is 5.97 Å². The number of nitrogens with one attached hydrogen (secondary N) is 2. The first-order chi connectivity index (χ1) is 13.9. The van der Waals surface area contributed by atoms with Crippen LogP contribution in [0, 0.1) is 0 Å². The number of carbonyl (C=O) groups excluding carboxylic acids is 3. The smallest absolute Gasteiger partial charge is 0.291 e. The molecular formula is C21H14BrN2O5-. The average Bonchev–Trinajstić information content (AvgIpc) is 3.15. The molecule has 0 aliphatic rings. The van der Waals surface area contributed by atoms with Gasteiger partial charge in [-0.1, -0.05) is 42.5 Å². The minimum atomic E-state index is -1.32. The van der Waals surface area contributed by atoms with Crippen LogP contribution < -0.4 is 15.7 Å². The van der Waals surface area contributed by atoms with Crippen LogP contribution in [0.2, 0.25) is 0 Å². The molecule has 0 unspecified atom stereocenters. The molecule has 0 aliphatic carbocycles. The Balaban J connectivity index is 1.83. The van der Waals surface area contributed by atoms with Crippen LogP contribution in [0.3, 0.4) is 0 Å². The molecule has 3 aromatic rings. The van der Waals surface area contributed by atoms with E-state index in [0.717, 1.165) is 0 Å². The lowest BCUT2D eigenvalue weighted by Gasteiger charge is -2.11. The molecule has 7 nitrogen and oxygen atoms in total. The van der Waals surface area contributed by atoms with E-state index in [1.807, 2.05) is 6.07 Å². The number of amides is 2. The molecule has 1 aromatic heterocycles. The summed E-state index contributed by atoms with van der Waals surface area (Å²) < 4.78 is 5.60. The number of rotatable bonds is 6. The summed E-state index contributed by atoms with van der Waals surface area (Å²) in [6, 6.07) is 17.5. The third kappa shape index (κ3) is 5.43. The maximum Gasteiger partial charge on any atom is 0.291 e. The highest BCUT2D eigenvalue weighted by molar-refractivity contribution is 9.10. The Bertz CT molecular complexity index is 1070. The van der Waals surface area contributed by atoms with Gasteiger partial charge in [-0.15, -0.1) is 0 Å². The van der Waals surface area contributed by atoms with Gasteiger partial charge >= 0.3 is 0 Å². The molecule has 0 aliphatic heterocycles. The van der Waals surface area contributed by atoms with Crippen LogP contribution in [0.1, 0.15) is 26.5 Å². The number of anilines is 1. The molecule has 29 heavy (non-hydrogen) atoms. The Morgan fingerprint density at radius 3 is 2.21 bits per heavy atom. The highest BCUT2D eigenvalue weighted by Gasteiger charge is 2.17. The summed E-state index contributed by atoms with van der Waals surface area (Å²) in [5.74, 6) is -2.47. The van der Waals surface area contributed by atoms with Crippen LogP contribution in [0.4, 0.5) is 5.69 Å². The van der Waals surface area contributed by atoms with Crippen molar-refractivity contribution in [3.63, 3.8) is 0 Å². The van der Waals surface area contributed by atoms with Gasteiger partial charge in [0, 0.05) is 5.69 Å². The van der Waals surface area contributed by atoms with Crippen molar-refractivity contribution in [2.45, 2.75) is 0 Å². The van der Waals surface area contributed by atoms with Crippen molar-refractivity contribution >= 4 is 45.5 Å². The number of hydrogen-bond donors (Lipinski definition) is 2. The van der Waals surface area contributed by atoms with Gasteiger partial charge in [-0.05, 0) is 57.4 Å². The fourth-order valence-corrected chi connectivity index (χ4v) is 2.69. The molecule has 0 saturated heterocycles. The van der Waals surface area contributed by atoms with Crippen molar-refractivity contribution in [1.82, 2.24) is 5.32 Å². The fourth-order valence-electron chi connectivity index (χ4n) is 2.38. The SMILES string of the molecule is O=C(Nc1ccc(C(=O)[O-])cc1)/C(=C/c1ccccc1)NC(=O)c1ccc(Br)o1. The number of benzene rings is 2. The maximum atomic E-state index is 12.7. The Kier molecular flexibility index (Phi) is 6.25. The van der Waals surface area contributed by atoms with Gasteiger partial charge in [-0.25, -0.2) is 0 Å². The second kappa shape index (κ2) is 9.03.